The van der Waals surface area contributed by atoms with Crippen LogP contribution in [0.2, 0.25) is 0 Å². The molecule has 2 heteroatoms. The molecule has 0 N–H and O–H groups in total. The molecule has 2 nitrogen and oxygen atoms in total. The summed E-state index contributed by atoms with van der Waals surface area (Å²) in [7, 11) is 0. The highest BCUT2D eigenvalue weighted by Gasteiger charge is 2.50. The Labute approximate surface area is 198 Å². The maximum Gasteiger partial charge on any atom is 0.194 e. The summed E-state index contributed by atoms with van der Waals surface area (Å²) in [6.45, 7) is 7.61. The normalized spacial score (nSPS) is 13.7. The highest BCUT2D eigenvalue weighted by molar-refractivity contribution is 5.89. The van der Waals surface area contributed by atoms with Crippen LogP contribution in [0.5, 0.6) is 11.5 Å². The summed E-state index contributed by atoms with van der Waals surface area (Å²) in [6.07, 6.45) is 0. The van der Waals surface area contributed by atoms with E-state index in [1.165, 1.54) is 22.3 Å². The molecule has 0 bridgehead atoms. The van der Waals surface area contributed by atoms with E-state index in [1.807, 2.05) is 30.3 Å². The Morgan fingerprint density at radius 3 is 1.79 bits per heavy atom. The molecule has 0 unspecified atom stereocenters. The molecule has 158 valence electrons. The molecule has 34 heavy (non-hydrogen) atoms. The van der Waals surface area contributed by atoms with Crippen LogP contribution >= 0.6 is 0 Å². The summed E-state index contributed by atoms with van der Waals surface area (Å²) in [6, 6.07) is 40.0. The topological polar surface area (TPSA) is 13.6 Å². The minimum absolute atomic E-state index is 0.449. The summed E-state index contributed by atoms with van der Waals surface area (Å²) < 4.78 is 6.55. The summed E-state index contributed by atoms with van der Waals surface area (Å²) in [5.41, 5.74) is 9.49. The molecular weight excluding hydrogens is 414 g/mol. The highest BCUT2D eigenvalue weighted by atomic mass is 16.5. The van der Waals surface area contributed by atoms with E-state index in [0.29, 0.717) is 5.69 Å². The number of hydrogen-bond donors (Lipinski definition) is 0. The number of hydrogen-bond acceptors (Lipinski definition) is 1. The van der Waals surface area contributed by atoms with E-state index < -0.39 is 5.41 Å². The van der Waals surface area contributed by atoms with Crippen LogP contribution in [0.15, 0.2) is 115 Å². The van der Waals surface area contributed by atoms with Crippen molar-refractivity contribution in [1.29, 1.82) is 0 Å². The maximum absolute atomic E-state index is 7.61. The van der Waals surface area contributed by atoms with Crippen molar-refractivity contribution in [3.63, 3.8) is 0 Å². The SMILES string of the molecule is [C-]#[N+]c1ccccc1-c1ccc2c(c1)Oc1ccccc1C21c2ccccc2-c2ccccc21. The largest absolute Gasteiger partial charge is 0.457 e. The number of nitrogens with zero attached hydrogens (tertiary/aromatic N) is 1. The maximum atomic E-state index is 7.61. The van der Waals surface area contributed by atoms with E-state index in [0.717, 1.165) is 33.8 Å². The van der Waals surface area contributed by atoms with Gasteiger partial charge in [0.2, 0.25) is 0 Å². The summed E-state index contributed by atoms with van der Waals surface area (Å²) in [5, 5.41) is 0. The first-order valence-corrected chi connectivity index (χ1v) is 11.4. The lowest BCUT2D eigenvalue weighted by Gasteiger charge is -2.39. The minimum atomic E-state index is -0.449. The van der Waals surface area contributed by atoms with E-state index in [-0.39, 0.29) is 0 Å². The van der Waals surface area contributed by atoms with Crippen LogP contribution in [0.25, 0.3) is 27.1 Å². The van der Waals surface area contributed by atoms with Crippen LogP contribution in [-0.4, -0.2) is 0 Å². The van der Waals surface area contributed by atoms with Gasteiger partial charge in [-0.05, 0) is 45.5 Å². The van der Waals surface area contributed by atoms with E-state index in [4.69, 9.17) is 11.3 Å². The Hall–Kier alpha value is -4.61. The first-order chi connectivity index (χ1) is 16.8. The van der Waals surface area contributed by atoms with Gasteiger partial charge < -0.3 is 4.74 Å². The van der Waals surface area contributed by atoms with Crippen LogP contribution < -0.4 is 4.74 Å². The second-order valence-electron chi connectivity index (χ2n) is 8.78. The molecule has 5 aromatic rings. The van der Waals surface area contributed by atoms with Gasteiger partial charge in [-0.1, -0.05) is 103 Å². The van der Waals surface area contributed by atoms with Crippen molar-refractivity contribution >= 4 is 5.69 Å². The van der Waals surface area contributed by atoms with Crippen molar-refractivity contribution in [3.8, 4) is 33.8 Å². The lowest BCUT2D eigenvalue weighted by atomic mass is 9.66. The van der Waals surface area contributed by atoms with Gasteiger partial charge in [-0.25, -0.2) is 4.85 Å². The fourth-order valence-electron chi connectivity index (χ4n) is 5.84. The van der Waals surface area contributed by atoms with Crippen molar-refractivity contribution in [2.45, 2.75) is 5.41 Å². The minimum Gasteiger partial charge on any atom is -0.457 e. The molecule has 0 radical (unpaired) electrons. The van der Waals surface area contributed by atoms with Crippen molar-refractivity contribution < 1.29 is 4.74 Å². The molecule has 0 fully saturated rings. The van der Waals surface area contributed by atoms with E-state index in [9.17, 15) is 0 Å². The van der Waals surface area contributed by atoms with Crippen molar-refractivity contribution in [2.75, 3.05) is 0 Å². The third-order valence-electron chi connectivity index (χ3n) is 7.18. The first kappa shape index (κ1) is 18.9. The summed E-state index contributed by atoms with van der Waals surface area (Å²) in [5.74, 6) is 1.71. The van der Waals surface area contributed by atoms with E-state index >= 15 is 0 Å². The molecule has 0 saturated heterocycles. The predicted molar refractivity (Wildman–Crippen MR) is 136 cm³/mol. The Balaban J connectivity index is 1.58. The standard InChI is InChI=1S/C32H19NO/c1-33-29-16-8-4-10-22(29)21-18-19-28-31(20-21)34-30-17-9-7-15-27(30)32(28)25-13-5-2-11-23(25)24-12-3-6-14-26(24)32/h2-20H. The molecule has 7 rings (SSSR count). The second kappa shape index (κ2) is 6.94. The van der Waals surface area contributed by atoms with Gasteiger partial charge in [0.05, 0.1) is 12.0 Å². The van der Waals surface area contributed by atoms with Gasteiger partial charge >= 0.3 is 0 Å². The molecule has 1 aliphatic heterocycles. The zero-order chi connectivity index (χ0) is 22.7. The Kier molecular flexibility index (Phi) is 3.86. The van der Waals surface area contributed by atoms with Gasteiger partial charge in [-0.3, -0.25) is 0 Å². The van der Waals surface area contributed by atoms with Gasteiger partial charge in [-0.15, -0.1) is 0 Å². The molecule has 2 aliphatic rings. The zero-order valence-corrected chi connectivity index (χ0v) is 18.3. The van der Waals surface area contributed by atoms with Crippen LogP contribution in [0.1, 0.15) is 22.3 Å². The number of fused-ring (bicyclic) bond motifs is 9. The van der Waals surface area contributed by atoms with Crippen LogP contribution in [0.3, 0.4) is 0 Å². The van der Waals surface area contributed by atoms with Crippen LogP contribution in [0, 0.1) is 6.57 Å². The van der Waals surface area contributed by atoms with Crippen LogP contribution in [0.4, 0.5) is 5.69 Å². The average Bonchev–Trinajstić information content (AvgIpc) is 3.20. The summed E-state index contributed by atoms with van der Waals surface area (Å²) in [4.78, 5) is 3.73. The third kappa shape index (κ3) is 2.33. The van der Waals surface area contributed by atoms with Gasteiger partial charge in [0.25, 0.3) is 0 Å². The van der Waals surface area contributed by atoms with Gasteiger partial charge in [0.15, 0.2) is 5.69 Å². The molecule has 0 aromatic heterocycles. The molecular formula is C32H19NO. The fourth-order valence-corrected chi connectivity index (χ4v) is 5.84. The molecule has 0 amide bonds. The van der Waals surface area contributed by atoms with Crippen LogP contribution in [-0.2, 0) is 5.41 Å². The Morgan fingerprint density at radius 2 is 1.09 bits per heavy atom. The number of ether oxygens (including phenoxy) is 1. The molecule has 1 spiro atoms. The molecule has 1 heterocycles. The summed E-state index contributed by atoms with van der Waals surface area (Å²) >= 11 is 0. The monoisotopic (exact) mass is 433 g/mol. The Morgan fingerprint density at radius 1 is 0.529 bits per heavy atom. The highest BCUT2D eigenvalue weighted by Crippen LogP contribution is 2.62. The molecule has 0 saturated carbocycles. The number of benzene rings is 5. The second-order valence-corrected chi connectivity index (χ2v) is 8.78. The van der Waals surface area contributed by atoms with Gasteiger partial charge in [-0.2, -0.15) is 0 Å². The molecule has 5 aromatic carbocycles. The van der Waals surface area contributed by atoms with E-state index in [2.05, 4.69) is 89.8 Å². The van der Waals surface area contributed by atoms with Crippen molar-refractivity contribution in [2.24, 2.45) is 0 Å². The van der Waals surface area contributed by atoms with Gasteiger partial charge in [0.1, 0.15) is 11.5 Å². The molecule has 1 aliphatic carbocycles. The van der Waals surface area contributed by atoms with Crippen molar-refractivity contribution in [3.05, 3.63) is 149 Å². The smallest absolute Gasteiger partial charge is 0.194 e. The predicted octanol–water partition coefficient (Wildman–Crippen LogP) is 8.37. The lowest BCUT2D eigenvalue weighted by molar-refractivity contribution is 0.436. The average molecular weight is 434 g/mol. The fraction of sp³-hybridized carbons (Fsp3) is 0.0312. The number of para-hydroxylation sites is 2. The third-order valence-corrected chi connectivity index (χ3v) is 7.18. The van der Waals surface area contributed by atoms with Gasteiger partial charge in [0, 0.05) is 11.1 Å². The van der Waals surface area contributed by atoms with Crippen molar-refractivity contribution in [1.82, 2.24) is 0 Å². The Bertz CT molecular complexity index is 1610. The lowest BCUT2D eigenvalue weighted by Crippen LogP contribution is -2.32. The first-order valence-electron chi connectivity index (χ1n) is 11.4. The number of rotatable bonds is 1. The zero-order valence-electron chi connectivity index (χ0n) is 18.3. The molecule has 0 atom stereocenters. The van der Waals surface area contributed by atoms with E-state index in [1.54, 1.807) is 0 Å². The quantitative estimate of drug-likeness (QED) is 0.237.